The molecule has 1 aromatic carbocycles. The molecule has 0 saturated carbocycles. The molecule has 2 rings (SSSR count). The van der Waals surface area contributed by atoms with E-state index < -0.39 is 17.2 Å². The summed E-state index contributed by atoms with van der Waals surface area (Å²) < 4.78 is 32.1. The van der Waals surface area contributed by atoms with Crippen molar-refractivity contribution in [1.29, 1.82) is 0 Å². The van der Waals surface area contributed by atoms with Gasteiger partial charge in [-0.2, -0.15) is 0 Å². The van der Waals surface area contributed by atoms with Crippen LogP contribution in [0, 0.1) is 11.6 Å². The van der Waals surface area contributed by atoms with Gasteiger partial charge < -0.3 is 10.5 Å². The quantitative estimate of drug-likeness (QED) is 0.838. The van der Waals surface area contributed by atoms with Gasteiger partial charge in [0.05, 0.1) is 6.61 Å². The number of benzene rings is 1. The van der Waals surface area contributed by atoms with Crippen molar-refractivity contribution < 1.29 is 13.5 Å². The third kappa shape index (κ3) is 2.39. The lowest BCUT2D eigenvalue weighted by Crippen LogP contribution is -2.49. The van der Waals surface area contributed by atoms with Gasteiger partial charge in [-0.05, 0) is 31.4 Å². The summed E-state index contributed by atoms with van der Waals surface area (Å²) in [6.45, 7) is 1.04. The summed E-state index contributed by atoms with van der Waals surface area (Å²) >= 11 is 0. The molecule has 1 saturated heterocycles. The highest BCUT2D eigenvalue weighted by Crippen LogP contribution is 2.24. The normalized spacial score (nSPS) is 25.7. The van der Waals surface area contributed by atoms with E-state index in [1.807, 2.05) is 0 Å². The fourth-order valence-corrected chi connectivity index (χ4v) is 2.07. The lowest BCUT2D eigenvalue weighted by atomic mass is 9.86. The fraction of sp³-hybridized carbons (Fsp3) is 0.500. The van der Waals surface area contributed by atoms with Crippen molar-refractivity contribution in [3.8, 4) is 0 Å². The Kier molecular flexibility index (Phi) is 3.21. The molecule has 1 aliphatic heterocycles. The van der Waals surface area contributed by atoms with Gasteiger partial charge in [0.1, 0.15) is 11.6 Å². The van der Waals surface area contributed by atoms with Gasteiger partial charge in [0, 0.05) is 17.7 Å². The third-order valence-electron chi connectivity index (χ3n) is 2.94. The first kappa shape index (κ1) is 11.5. The Morgan fingerprint density at radius 2 is 2.00 bits per heavy atom. The van der Waals surface area contributed by atoms with Gasteiger partial charge in [-0.1, -0.05) is 6.07 Å². The van der Waals surface area contributed by atoms with Crippen molar-refractivity contribution >= 4 is 0 Å². The van der Waals surface area contributed by atoms with Gasteiger partial charge in [-0.25, -0.2) is 8.78 Å². The zero-order valence-electron chi connectivity index (χ0n) is 9.01. The Bertz CT molecular complexity index is 355. The highest BCUT2D eigenvalue weighted by molar-refractivity contribution is 5.22. The maximum Gasteiger partial charge on any atom is 0.129 e. The van der Waals surface area contributed by atoms with Gasteiger partial charge in [-0.3, -0.25) is 0 Å². The Hall–Kier alpha value is -1.00. The van der Waals surface area contributed by atoms with Crippen LogP contribution in [-0.2, 0) is 11.2 Å². The molecular formula is C12H15F2NO. The number of nitrogens with two attached hydrogens (primary N) is 1. The number of halogens is 2. The monoisotopic (exact) mass is 227 g/mol. The molecule has 0 amide bonds. The van der Waals surface area contributed by atoms with E-state index in [1.54, 1.807) is 0 Å². The zero-order chi connectivity index (χ0) is 11.6. The van der Waals surface area contributed by atoms with Crippen LogP contribution in [0.2, 0.25) is 0 Å². The van der Waals surface area contributed by atoms with Gasteiger partial charge in [0.2, 0.25) is 0 Å². The van der Waals surface area contributed by atoms with Crippen molar-refractivity contribution in [3.63, 3.8) is 0 Å². The van der Waals surface area contributed by atoms with E-state index in [0.29, 0.717) is 13.2 Å². The summed E-state index contributed by atoms with van der Waals surface area (Å²) in [4.78, 5) is 0. The summed E-state index contributed by atoms with van der Waals surface area (Å²) in [5.41, 5.74) is 5.50. The van der Waals surface area contributed by atoms with E-state index in [9.17, 15) is 8.78 Å². The summed E-state index contributed by atoms with van der Waals surface area (Å²) in [6, 6.07) is 3.87. The van der Waals surface area contributed by atoms with Crippen molar-refractivity contribution in [1.82, 2.24) is 0 Å². The Morgan fingerprint density at radius 3 is 2.56 bits per heavy atom. The molecule has 16 heavy (non-hydrogen) atoms. The van der Waals surface area contributed by atoms with Crippen LogP contribution in [0.1, 0.15) is 18.4 Å². The SMILES string of the molecule is NC1(Cc2c(F)cccc2F)CCCOC1. The molecule has 0 spiro atoms. The maximum absolute atomic E-state index is 13.4. The molecule has 2 nitrogen and oxygen atoms in total. The van der Waals surface area contributed by atoms with Gasteiger partial charge >= 0.3 is 0 Å². The Balaban J connectivity index is 2.19. The average Bonchev–Trinajstić information content (AvgIpc) is 2.25. The van der Waals surface area contributed by atoms with E-state index in [-0.39, 0.29) is 12.0 Å². The average molecular weight is 227 g/mol. The van der Waals surface area contributed by atoms with Crippen molar-refractivity contribution in [3.05, 3.63) is 35.4 Å². The number of ether oxygens (including phenoxy) is 1. The van der Waals surface area contributed by atoms with Gasteiger partial charge in [0.15, 0.2) is 0 Å². The highest BCUT2D eigenvalue weighted by Gasteiger charge is 2.30. The molecule has 1 atom stereocenters. The largest absolute Gasteiger partial charge is 0.380 e. The molecule has 0 bridgehead atoms. The lowest BCUT2D eigenvalue weighted by molar-refractivity contribution is 0.0375. The van der Waals surface area contributed by atoms with Crippen LogP contribution in [0.15, 0.2) is 18.2 Å². The van der Waals surface area contributed by atoms with Crippen LogP contribution in [0.5, 0.6) is 0 Å². The molecule has 0 aliphatic carbocycles. The zero-order valence-corrected chi connectivity index (χ0v) is 9.01. The molecule has 1 aromatic rings. The van der Waals surface area contributed by atoms with Crippen LogP contribution in [0.25, 0.3) is 0 Å². The van der Waals surface area contributed by atoms with E-state index in [4.69, 9.17) is 10.5 Å². The second kappa shape index (κ2) is 4.47. The molecule has 1 heterocycles. The van der Waals surface area contributed by atoms with Crippen LogP contribution >= 0.6 is 0 Å². The van der Waals surface area contributed by atoms with Gasteiger partial charge in [-0.15, -0.1) is 0 Å². The summed E-state index contributed by atoms with van der Waals surface area (Å²) in [6.07, 6.45) is 1.76. The second-order valence-electron chi connectivity index (χ2n) is 4.40. The summed E-state index contributed by atoms with van der Waals surface area (Å²) in [7, 11) is 0. The predicted molar refractivity (Wildman–Crippen MR) is 57.0 cm³/mol. The molecule has 2 N–H and O–H groups in total. The topological polar surface area (TPSA) is 35.2 Å². The van der Waals surface area contributed by atoms with E-state index >= 15 is 0 Å². The van der Waals surface area contributed by atoms with Gasteiger partial charge in [0.25, 0.3) is 0 Å². The molecule has 1 aliphatic rings. The van der Waals surface area contributed by atoms with E-state index in [1.165, 1.54) is 18.2 Å². The molecule has 88 valence electrons. The lowest BCUT2D eigenvalue weighted by Gasteiger charge is -2.33. The van der Waals surface area contributed by atoms with Crippen molar-refractivity contribution in [2.45, 2.75) is 24.8 Å². The maximum atomic E-state index is 13.4. The number of hydrogen-bond donors (Lipinski definition) is 1. The molecule has 1 unspecified atom stereocenters. The van der Waals surface area contributed by atoms with E-state index in [0.717, 1.165) is 12.8 Å². The highest BCUT2D eigenvalue weighted by atomic mass is 19.1. The second-order valence-corrected chi connectivity index (χ2v) is 4.40. The third-order valence-corrected chi connectivity index (χ3v) is 2.94. The van der Waals surface area contributed by atoms with Crippen LogP contribution in [0.4, 0.5) is 8.78 Å². The number of hydrogen-bond acceptors (Lipinski definition) is 2. The van der Waals surface area contributed by atoms with Crippen molar-refractivity contribution in [2.24, 2.45) is 5.73 Å². The van der Waals surface area contributed by atoms with Crippen LogP contribution in [-0.4, -0.2) is 18.8 Å². The minimum atomic E-state index is -0.638. The standard InChI is InChI=1S/C12H15F2NO/c13-10-3-1-4-11(14)9(10)7-12(15)5-2-6-16-8-12/h1,3-4H,2,5-8,15H2. The molecule has 1 fully saturated rings. The fourth-order valence-electron chi connectivity index (χ4n) is 2.07. The first-order valence-corrected chi connectivity index (χ1v) is 5.40. The Labute approximate surface area is 93.4 Å². The van der Waals surface area contributed by atoms with E-state index in [2.05, 4.69) is 0 Å². The Morgan fingerprint density at radius 1 is 1.31 bits per heavy atom. The summed E-state index contributed by atoms with van der Waals surface area (Å²) in [5.74, 6) is -1.06. The van der Waals surface area contributed by atoms with Crippen LogP contribution < -0.4 is 5.73 Å². The molecule has 0 aromatic heterocycles. The molecule has 4 heteroatoms. The number of rotatable bonds is 2. The van der Waals surface area contributed by atoms with Crippen LogP contribution in [0.3, 0.4) is 0 Å². The molecular weight excluding hydrogens is 212 g/mol. The first-order chi connectivity index (χ1) is 7.61. The summed E-state index contributed by atoms with van der Waals surface area (Å²) in [5, 5.41) is 0. The first-order valence-electron chi connectivity index (χ1n) is 5.40. The van der Waals surface area contributed by atoms with Crippen molar-refractivity contribution in [2.75, 3.05) is 13.2 Å². The minimum absolute atomic E-state index is 0.0653. The minimum Gasteiger partial charge on any atom is -0.380 e. The predicted octanol–water partition coefficient (Wildman–Crippen LogP) is 2.02. The molecule has 0 radical (unpaired) electrons. The smallest absolute Gasteiger partial charge is 0.129 e.